The number of carbonyl (C=O) groups excluding carboxylic acids is 1. The zero-order chi connectivity index (χ0) is 12.7. The van der Waals surface area contributed by atoms with Crippen LogP contribution in [0.2, 0.25) is 0 Å². The molecule has 1 aliphatic heterocycles. The number of likely N-dealkylation sites (tertiary alicyclic amines) is 1. The summed E-state index contributed by atoms with van der Waals surface area (Å²) in [4.78, 5) is 15.0. The lowest BCUT2D eigenvalue weighted by Crippen LogP contribution is -2.45. The number of rotatable bonds is 1. The molecular formula is C15H26N2O. The van der Waals surface area contributed by atoms with Gasteiger partial charge in [-0.25, -0.2) is 0 Å². The van der Waals surface area contributed by atoms with Crippen LogP contribution in [0.4, 0.5) is 0 Å². The summed E-state index contributed by atoms with van der Waals surface area (Å²) in [5.74, 6) is 1.43. The molecule has 0 aromatic heterocycles. The van der Waals surface area contributed by atoms with E-state index in [1.165, 1.54) is 32.1 Å². The SMILES string of the molecule is CC1CC2CCCCC2N1C(=O)C1CCC(N)C1. The number of hydrogen-bond donors (Lipinski definition) is 1. The Morgan fingerprint density at radius 3 is 2.61 bits per heavy atom. The van der Waals surface area contributed by atoms with Crippen molar-refractivity contribution in [3.63, 3.8) is 0 Å². The minimum atomic E-state index is 0.225. The van der Waals surface area contributed by atoms with Crippen molar-refractivity contribution >= 4 is 5.91 Å². The molecule has 102 valence electrons. The van der Waals surface area contributed by atoms with E-state index >= 15 is 0 Å². The van der Waals surface area contributed by atoms with Crippen molar-refractivity contribution in [1.82, 2.24) is 4.90 Å². The van der Waals surface area contributed by atoms with E-state index in [0.717, 1.165) is 25.2 Å². The first-order valence-corrected chi connectivity index (χ1v) is 7.74. The molecule has 0 radical (unpaired) electrons. The van der Waals surface area contributed by atoms with E-state index in [0.29, 0.717) is 18.0 Å². The molecule has 2 saturated carbocycles. The summed E-state index contributed by atoms with van der Waals surface area (Å²) < 4.78 is 0. The molecule has 3 heteroatoms. The Balaban J connectivity index is 1.72. The van der Waals surface area contributed by atoms with Crippen LogP contribution in [0, 0.1) is 11.8 Å². The fourth-order valence-electron chi connectivity index (χ4n) is 4.54. The van der Waals surface area contributed by atoms with Gasteiger partial charge < -0.3 is 10.6 Å². The molecule has 0 aromatic carbocycles. The maximum atomic E-state index is 12.7. The largest absolute Gasteiger partial charge is 0.336 e. The van der Waals surface area contributed by atoms with E-state index in [1.807, 2.05) is 0 Å². The maximum absolute atomic E-state index is 12.7. The Kier molecular flexibility index (Phi) is 3.35. The molecule has 1 amide bonds. The monoisotopic (exact) mass is 250 g/mol. The number of carbonyl (C=O) groups is 1. The van der Waals surface area contributed by atoms with Gasteiger partial charge >= 0.3 is 0 Å². The highest BCUT2D eigenvalue weighted by atomic mass is 16.2. The lowest BCUT2D eigenvalue weighted by Gasteiger charge is -2.35. The molecule has 2 aliphatic carbocycles. The normalized spacial score (nSPS) is 44.1. The third kappa shape index (κ3) is 2.07. The predicted octanol–water partition coefficient (Wildman–Crippen LogP) is 2.29. The summed E-state index contributed by atoms with van der Waals surface area (Å²) >= 11 is 0. The summed E-state index contributed by atoms with van der Waals surface area (Å²) in [6.45, 7) is 2.24. The standard InChI is InChI=1S/C15H26N2O/c1-10-8-11-4-2-3-5-14(11)17(10)15(18)12-6-7-13(16)9-12/h10-14H,2-9,16H2,1H3. The summed E-state index contributed by atoms with van der Waals surface area (Å²) in [6, 6.07) is 1.28. The van der Waals surface area contributed by atoms with Crippen molar-refractivity contribution in [2.75, 3.05) is 0 Å². The summed E-state index contributed by atoms with van der Waals surface area (Å²) in [7, 11) is 0. The Bertz CT molecular complexity index is 330. The van der Waals surface area contributed by atoms with Crippen molar-refractivity contribution in [3.05, 3.63) is 0 Å². The quantitative estimate of drug-likeness (QED) is 0.776. The van der Waals surface area contributed by atoms with Crippen LogP contribution in [0.1, 0.15) is 58.3 Å². The summed E-state index contributed by atoms with van der Waals surface area (Å²) in [5, 5.41) is 0. The minimum Gasteiger partial charge on any atom is -0.336 e. The van der Waals surface area contributed by atoms with Gasteiger partial charge in [-0.1, -0.05) is 12.8 Å². The Labute approximate surface area is 110 Å². The fourth-order valence-corrected chi connectivity index (χ4v) is 4.54. The van der Waals surface area contributed by atoms with Crippen LogP contribution in [-0.4, -0.2) is 28.9 Å². The third-order valence-corrected chi connectivity index (χ3v) is 5.42. The highest BCUT2D eigenvalue weighted by molar-refractivity contribution is 5.80. The maximum Gasteiger partial charge on any atom is 0.226 e. The van der Waals surface area contributed by atoms with E-state index in [1.54, 1.807) is 0 Å². The molecule has 5 atom stereocenters. The van der Waals surface area contributed by atoms with E-state index in [-0.39, 0.29) is 12.0 Å². The van der Waals surface area contributed by atoms with Gasteiger partial charge in [-0.05, 0) is 51.4 Å². The molecule has 18 heavy (non-hydrogen) atoms. The molecule has 3 aliphatic rings. The number of nitrogens with zero attached hydrogens (tertiary/aromatic N) is 1. The van der Waals surface area contributed by atoms with Crippen LogP contribution >= 0.6 is 0 Å². The van der Waals surface area contributed by atoms with Gasteiger partial charge in [-0.3, -0.25) is 4.79 Å². The van der Waals surface area contributed by atoms with E-state index in [4.69, 9.17) is 5.73 Å². The molecule has 0 bridgehead atoms. The number of amides is 1. The Hall–Kier alpha value is -0.570. The van der Waals surface area contributed by atoms with Crippen LogP contribution in [-0.2, 0) is 4.79 Å². The highest BCUT2D eigenvalue weighted by Gasteiger charge is 2.44. The molecular weight excluding hydrogens is 224 g/mol. The van der Waals surface area contributed by atoms with Crippen LogP contribution in [0.15, 0.2) is 0 Å². The van der Waals surface area contributed by atoms with Gasteiger partial charge in [0.25, 0.3) is 0 Å². The molecule has 0 spiro atoms. The van der Waals surface area contributed by atoms with Gasteiger partial charge in [-0.2, -0.15) is 0 Å². The van der Waals surface area contributed by atoms with Crippen molar-refractivity contribution in [2.45, 2.75) is 76.4 Å². The third-order valence-electron chi connectivity index (χ3n) is 5.42. The Morgan fingerprint density at radius 2 is 1.89 bits per heavy atom. The van der Waals surface area contributed by atoms with Crippen molar-refractivity contribution < 1.29 is 4.79 Å². The lowest BCUT2D eigenvalue weighted by atomic mass is 9.84. The number of hydrogen-bond acceptors (Lipinski definition) is 2. The number of fused-ring (bicyclic) bond motifs is 1. The predicted molar refractivity (Wildman–Crippen MR) is 72.0 cm³/mol. The molecule has 3 nitrogen and oxygen atoms in total. The second-order valence-corrected chi connectivity index (χ2v) is 6.71. The molecule has 1 saturated heterocycles. The fraction of sp³-hybridized carbons (Fsp3) is 0.933. The summed E-state index contributed by atoms with van der Waals surface area (Å²) in [5.41, 5.74) is 5.96. The van der Waals surface area contributed by atoms with Crippen LogP contribution < -0.4 is 5.73 Å². The number of nitrogens with two attached hydrogens (primary N) is 1. The summed E-state index contributed by atoms with van der Waals surface area (Å²) in [6.07, 6.45) is 9.44. The molecule has 1 heterocycles. The highest BCUT2D eigenvalue weighted by Crippen LogP contribution is 2.41. The van der Waals surface area contributed by atoms with E-state index < -0.39 is 0 Å². The smallest absolute Gasteiger partial charge is 0.226 e. The van der Waals surface area contributed by atoms with Gasteiger partial charge in [0, 0.05) is 24.0 Å². The van der Waals surface area contributed by atoms with E-state index in [9.17, 15) is 4.79 Å². The molecule has 3 fully saturated rings. The van der Waals surface area contributed by atoms with Crippen molar-refractivity contribution in [3.8, 4) is 0 Å². The first kappa shape index (κ1) is 12.5. The van der Waals surface area contributed by atoms with Crippen molar-refractivity contribution in [2.24, 2.45) is 17.6 Å². The second kappa shape index (κ2) is 4.84. The van der Waals surface area contributed by atoms with Crippen LogP contribution in [0.3, 0.4) is 0 Å². The molecule has 3 rings (SSSR count). The van der Waals surface area contributed by atoms with Crippen molar-refractivity contribution in [1.29, 1.82) is 0 Å². The topological polar surface area (TPSA) is 46.3 Å². The first-order chi connectivity index (χ1) is 8.66. The van der Waals surface area contributed by atoms with E-state index in [2.05, 4.69) is 11.8 Å². The lowest BCUT2D eigenvalue weighted by molar-refractivity contribution is -0.138. The Morgan fingerprint density at radius 1 is 1.11 bits per heavy atom. The van der Waals surface area contributed by atoms with Gasteiger partial charge in [0.15, 0.2) is 0 Å². The minimum absolute atomic E-state index is 0.225. The average molecular weight is 250 g/mol. The molecule has 2 N–H and O–H groups in total. The second-order valence-electron chi connectivity index (χ2n) is 6.71. The van der Waals surface area contributed by atoms with Gasteiger partial charge in [-0.15, -0.1) is 0 Å². The van der Waals surface area contributed by atoms with Gasteiger partial charge in [0.2, 0.25) is 5.91 Å². The zero-order valence-electron chi connectivity index (χ0n) is 11.5. The zero-order valence-corrected chi connectivity index (χ0v) is 11.5. The molecule has 0 aromatic rings. The van der Waals surface area contributed by atoms with Gasteiger partial charge in [0.05, 0.1) is 0 Å². The first-order valence-electron chi connectivity index (χ1n) is 7.74. The van der Waals surface area contributed by atoms with Crippen LogP contribution in [0.25, 0.3) is 0 Å². The average Bonchev–Trinajstić information content (AvgIpc) is 2.91. The van der Waals surface area contributed by atoms with Gasteiger partial charge in [0.1, 0.15) is 0 Å². The molecule has 5 unspecified atom stereocenters. The van der Waals surface area contributed by atoms with Crippen LogP contribution in [0.5, 0.6) is 0 Å².